The molecule has 4 nitrogen and oxygen atoms in total. The molecule has 2 N–H and O–H groups in total. The van der Waals surface area contributed by atoms with Gasteiger partial charge in [-0.25, -0.2) is 4.79 Å². The Labute approximate surface area is 98.0 Å². The van der Waals surface area contributed by atoms with Crippen molar-refractivity contribution in [1.29, 1.82) is 0 Å². The molecule has 0 radical (unpaired) electrons. The van der Waals surface area contributed by atoms with Crippen LogP contribution in [0.1, 0.15) is 20.7 Å². The molecule has 0 heterocycles. The number of carbonyl (C=O) groups is 2. The molecule has 0 spiro atoms. The molecule has 0 aliphatic heterocycles. The summed E-state index contributed by atoms with van der Waals surface area (Å²) in [5.41, 5.74) is 6.10. The second-order valence-corrected chi connectivity index (χ2v) is 3.56. The highest BCUT2D eigenvalue weighted by Gasteiger charge is 2.13. The van der Waals surface area contributed by atoms with Crippen LogP contribution in [0.2, 0.25) is 0 Å². The lowest BCUT2D eigenvalue weighted by molar-refractivity contribution is 0.0603. The SMILES string of the molecule is COC(=O)c1cccc2c(C(N)=O)cccc12. The Hall–Kier alpha value is -2.36. The molecule has 2 rings (SSSR count). The van der Waals surface area contributed by atoms with Crippen molar-refractivity contribution in [1.82, 2.24) is 0 Å². The number of esters is 1. The third-order valence-electron chi connectivity index (χ3n) is 2.59. The number of nitrogens with two attached hydrogens (primary N) is 1. The van der Waals surface area contributed by atoms with Crippen LogP contribution in [0.3, 0.4) is 0 Å². The molecule has 0 aliphatic rings. The van der Waals surface area contributed by atoms with Crippen molar-refractivity contribution in [3.05, 3.63) is 47.5 Å². The lowest BCUT2D eigenvalue weighted by Crippen LogP contribution is -2.12. The lowest BCUT2D eigenvalue weighted by atomic mass is 10.00. The summed E-state index contributed by atoms with van der Waals surface area (Å²) in [5.74, 6) is -0.949. The lowest BCUT2D eigenvalue weighted by Gasteiger charge is -2.07. The van der Waals surface area contributed by atoms with Gasteiger partial charge in [0.1, 0.15) is 0 Å². The van der Waals surface area contributed by atoms with Gasteiger partial charge in [0.2, 0.25) is 5.91 Å². The summed E-state index contributed by atoms with van der Waals surface area (Å²) in [6.07, 6.45) is 0. The molecule has 0 unspecified atom stereocenters. The van der Waals surface area contributed by atoms with Crippen molar-refractivity contribution < 1.29 is 14.3 Å². The number of carbonyl (C=O) groups excluding carboxylic acids is 2. The van der Waals surface area contributed by atoms with E-state index in [4.69, 9.17) is 5.73 Å². The van der Waals surface area contributed by atoms with E-state index in [-0.39, 0.29) is 0 Å². The number of fused-ring (bicyclic) bond motifs is 1. The van der Waals surface area contributed by atoms with Crippen LogP contribution in [0.4, 0.5) is 0 Å². The van der Waals surface area contributed by atoms with Gasteiger partial charge in [0, 0.05) is 5.56 Å². The number of hydrogen-bond acceptors (Lipinski definition) is 3. The zero-order valence-corrected chi connectivity index (χ0v) is 9.27. The van der Waals surface area contributed by atoms with Gasteiger partial charge in [0.05, 0.1) is 12.7 Å². The summed E-state index contributed by atoms with van der Waals surface area (Å²) in [7, 11) is 1.32. The zero-order valence-electron chi connectivity index (χ0n) is 9.27. The molecule has 2 aromatic rings. The molecule has 4 heteroatoms. The quantitative estimate of drug-likeness (QED) is 0.797. The fourth-order valence-corrected chi connectivity index (χ4v) is 1.81. The average Bonchev–Trinajstić information content (AvgIpc) is 2.36. The van der Waals surface area contributed by atoms with E-state index in [0.717, 1.165) is 0 Å². The number of amides is 1. The predicted octanol–water partition coefficient (Wildman–Crippen LogP) is 1.73. The third kappa shape index (κ3) is 1.85. The standard InChI is InChI=1S/C13H11NO3/c1-17-13(16)11-7-3-4-8-9(11)5-2-6-10(8)12(14)15/h2-7H,1H3,(H2,14,15). The van der Waals surface area contributed by atoms with Crippen LogP contribution in [0.25, 0.3) is 10.8 Å². The van der Waals surface area contributed by atoms with Gasteiger partial charge >= 0.3 is 5.97 Å². The Balaban J connectivity index is 2.79. The van der Waals surface area contributed by atoms with Crippen LogP contribution in [-0.2, 0) is 4.74 Å². The Bertz CT molecular complexity index is 605. The van der Waals surface area contributed by atoms with Crippen molar-refractivity contribution in [2.45, 2.75) is 0 Å². The highest BCUT2D eigenvalue weighted by Crippen LogP contribution is 2.22. The second kappa shape index (κ2) is 4.25. The highest BCUT2D eigenvalue weighted by atomic mass is 16.5. The molecule has 0 saturated carbocycles. The third-order valence-corrected chi connectivity index (χ3v) is 2.59. The smallest absolute Gasteiger partial charge is 0.338 e. The molecule has 0 fully saturated rings. The van der Waals surface area contributed by atoms with Gasteiger partial charge in [-0.05, 0) is 22.9 Å². The first-order valence-electron chi connectivity index (χ1n) is 5.05. The maximum Gasteiger partial charge on any atom is 0.338 e. The molecule has 17 heavy (non-hydrogen) atoms. The van der Waals surface area contributed by atoms with Crippen LogP contribution >= 0.6 is 0 Å². The summed E-state index contributed by atoms with van der Waals surface area (Å²) in [4.78, 5) is 22.8. The number of hydrogen-bond donors (Lipinski definition) is 1. The maximum absolute atomic E-state index is 11.6. The van der Waals surface area contributed by atoms with Gasteiger partial charge in [-0.15, -0.1) is 0 Å². The summed E-state index contributed by atoms with van der Waals surface area (Å²) in [6.45, 7) is 0. The molecular weight excluding hydrogens is 218 g/mol. The summed E-state index contributed by atoms with van der Waals surface area (Å²) in [5, 5.41) is 1.32. The fourth-order valence-electron chi connectivity index (χ4n) is 1.81. The molecular formula is C13H11NO3. The Kier molecular flexibility index (Phi) is 2.78. The molecule has 0 saturated heterocycles. The van der Waals surface area contributed by atoms with Crippen molar-refractivity contribution in [2.75, 3.05) is 7.11 Å². The molecule has 86 valence electrons. The fraction of sp³-hybridized carbons (Fsp3) is 0.0769. The van der Waals surface area contributed by atoms with Gasteiger partial charge in [-0.2, -0.15) is 0 Å². The van der Waals surface area contributed by atoms with E-state index >= 15 is 0 Å². The van der Waals surface area contributed by atoms with E-state index < -0.39 is 11.9 Å². The topological polar surface area (TPSA) is 69.4 Å². The summed E-state index contributed by atoms with van der Waals surface area (Å²) in [6, 6.07) is 10.2. The molecule has 0 bridgehead atoms. The van der Waals surface area contributed by atoms with Crippen molar-refractivity contribution in [3.8, 4) is 0 Å². The van der Waals surface area contributed by atoms with E-state index in [1.807, 2.05) is 0 Å². The number of methoxy groups -OCH3 is 1. The van der Waals surface area contributed by atoms with Crippen LogP contribution < -0.4 is 5.73 Å². The Morgan fingerprint density at radius 3 is 2.06 bits per heavy atom. The minimum Gasteiger partial charge on any atom is -0.465 e. The van der Waals surface area contributed by atoms with Crippen molar-refractivity contribution in [2.24, 2.45) is 5.73 Å². The minimum atomic E-state index is -0.516. The zero-order chi connectivity index (χ0) is 12.4. The van der Waals surface area contributed by atoms with Crippen LogP contribution in [0, 0.1) is 0 Å². The Morgan fingerprint density at radius 1 is 1.00 bits per heavy atom. The van der Waals surface area contributed by atoms with Gasteiger partial charge in [0.25, 0.3) is 0 Å². The van der Waals surface area contributed by atoms with E-state index in [0.29, 0.717) is 21.9 Å². The van der Waals surface area contributed by atoms with Crippen LogP contribution in [-0.4, -0.2) is 19.0 Å². The monoisotopic (exact) mass is 229 g/mol. The van der Waals surface area contributed by atoms with Crippen LogP contribution in [0.5, 0.6) is 0 Å². The molecule has 0 aromatic heterocycles. The minimum absolute atomic E-state index is 0.397. The van der Waals surface area contributed by atoms with E-state index in [1.165, 1.54) is 7.11 Å². The van der Waals surface area contributed by atoms with Gasteiger partial charge in [0.15, 0.2) is 0 Å². The van der Waals surface area contributed by atoms with E-state index in [9.17, 15) is 9.59 Å². The normalized spacial score (nSPS) is 10.2. The predicted molar refractivity (Wildman–Crippen MR) is 63.8 cm³/mol. The van der Waals surface area contributed by atoms with Crippen molar-refractivity contribution >= 4 is 22.6 Å². The number of rotatable bonds is 2. The van der Waals surface area contributed by atoms with Gasteiger partial charge < -0.3 is 10.5 Å². The van der Waals surface area contributed by atoms with E-state index in [1.54, 1.807) is 36.4 Å². The van der Waals surface area contributed by atoms with Crippen LogP contribution in [0.15, 0.2) is 36.4 Å². The molecule has 0 atom stereocenters. The number of benzene rings is 2. The second-order valence-electron chi connectivity index (χ2n) is 3.56. The Morgan fingerprint density at radius 2 is 1.53 bits per heavy atom. The molecule has 1 amide bonds. The maximum atomic E-state index is 11.6. The summed E-state index contributed by atoms with van der Waals surface area (Å²) < 4.78 is 4.69. The molecule has 2 aromatic carbocycles. The van der Waals surface area contributed by atoms with Gasteiger partial charge in [-0.1, -0.05) is 24.3 Å². The summed E-state index contributed by atoms with van der Waals surface area (Å²) >= 11 is 0. The molecule has 0 aliphatic carbocycles. The van der Waals surface area contributed by atoms with Crippen molar-refractivity contribution in [3.63, 3.8) is 0 Å². The first-order valence-corrected chi connectivity index (χ1v) is 5.05. The first-order chi connectivity index (χ1) is 8.15. The first kappa shape index (κ1) is 11.1. The average molecular weight is 229 g/mol. The number of primary amides is 1. The largest absolute Gasteiger partial charge is 0.465 e. The van der Waals surface area contributed by atoms with Gasteiger partial charge in [-0.3, -0.25) is 4.79 Å². The van der Waals surface area contributed by atoms with E-state index in [2.05, 4.69) is 4.74 Å². The highest BCUT2D eigenvalue weighted by molar-refractivity contribution is 6.12. The number of ether oxygens (including phenoxy) is 1.